The number of ether oxygens (including phenoxy) is 4. The molecule has 1 N–H and O–H groups in total. The number of halogens is 1. The lowest BCUT2D eigenvalue weighted by atomic mass is 10.1. The number of thiazole rings is 1. The van der Waals surface area contributed by atoms with Gasteiger partial charge >= 0.3 is 10.2 Å². The summed E-state index contributed by atoms with van der Waals surface area (Å²) in [5, 5.41) is 2.97. The number of aromatic nitrogens is 1. The van der Waals surface area contributed by atoms with Crippen molar-refractivity contribution in [2.24, 2.45) is 0 Å². The van der Waals surface area contributed by atoms with Crippen LogP contribution in [0.25, 0.3) is 10.2 Å². The first kappa shape index (κ1) is 25.2. The normalized spacial score (nSPS) is 12.1. The van der Waals surface area contributed by atoms with E-state index in [1.54, 1.807) is 36.4 Å². The Kier molecular flexibility index (Phi) is 7.27. The molecule has 0 spiro atoms. The topological polar surface area (TPSA) is 113 Å². The summed E-state index contributed by atoms with van der Waals surface area (Å²) in [4.78, 5) is 17.2. The van der Waals surface area contributed by atoms with Crippen LogP contribution in [0.3, 0.4) is 0 Å². The van der Waals surface area contributed by atoms with E-state index >= 15 is 0 Å². The van der Waals surface area contributed by atoms with E-state index in [1.807, 2.05) is 0 Å². The summed E-state index contributed by atoms with van der Waals surface area (Å²) in [6, 6.07) is 14.8. The lowest BCUT2D eigenvalue weighted by molar-refractivity contribution is -0.123. The van der Waals surface area contributed by atoms with E-state index in [9.17, 15) is 17.1 Å². The van der Waals surface area contributed by atoms with Gasteiger partial charge in [-0.15, -0.1) is 3.89 Å². The van der Waals surface area contributed by atoms with Crippen LogP contribution in [-0.2, 0) is 15.0 Å². The number of fused-ring (bicyclic) bond motifs is 1. The molecule has 0 bridgehead atoms. The van der Waals surface area contributed by atoms with Gasteiger partial charge in [0.1, 0.15) is 11.5 Å². The molecule has 0 saturated heterocycles. The number of nitrogens with zero attached hydrogens (tertiary/aromatic N) is 1. The van der Waals surface area contributed by atoms with Crippen LogP contribution in [0.5, 0.6) is 23.0 Å². The quantitative estimate of drug-likeness (QED) is 0.308. The first-order valence-electron chi connectivity index (χ1n) is 10.4. The molecule has 1 atom stereocenters. The number of carbonyl (C=O) groups excluding carboxylic acids is 1. The van der Waals surface area contributed by atoms with E-state index < -0.39 is 27.1 Å². The monoisotopic (exact) mass is 532 g/mol. The lowest BCUT2D eigenvalue weighted by Crippen LogP contribution is -2.25. The Morgan fingerprint density at radius 3 is 2.25 bits per heavy atom. The predicted octanol–water partition coefficient (Wildman–Crippen LogP) is 4.74. The number of amides is 1. The molecule has 0 fully saturated rings. The van der Waals surface area contributed by atoms with E-state index in [2.05, 4.69) is 10.3 Å². The van der Waals surface area contributed by atoms with Crippen molar-refractivity contribution in [1.82, 2.24) is 4.98 Å². The Balaban J connectivity index is 1.68. The number of nitrogens with one attached hydrogen (secondary N) is 1. The second kappa shape index (κ2) is 10.4. The first-order chi connectivity index (χ1) is 17.2. The number of rotatable bonds is 9. The molecule has 12 heteroatoms. The maximum Gasteiger partial charge on any atom is 0.332 e. The Bertz CT molecular complexity index is 1460. The van der Waals surface area contributed by atoms with E-state index in [0.717, 1.165) is 16.8 Å². The third-order valence-corrected chi connectivity index (χ3v) is 6.87. The van der Waals surface area contributed by atoms with Gasteiger partial charge in [-0.1, -0.05) is 23.5 Å². The zero-order valence-corrected chi connectivity index (χ0v) is 21.0. The van der Waals surface area contributed by atoms with Crippen LogP contribution >= 0.6 is 11.3 Å². The van der Waals surface area contributed by atoms with Crippen molar-refractivity contribution in [3.63, 3.8) is 0 Å². The molecule has 0 saturated carbocycles. The molecule has 0 aliphatic rings. The van der Waals surface area contributed by atoms with Crippen molar-refractivity contribution >= 4 is 42.8 Å². The summed E-state index contributed by atoms with van der Waals surface area (Å²) >= 11 is 1.20. The van der Waals surface area contributed by atoms with Gasteiger partial charge in [0, 0.05) is 17.7 Å². The van der Waals surface area contributed by atoms with Gasteiger partial charge in [0.05, 0.1) is 36.4 Å². The fourth-order valence-corrected chi connectivity index (χ4v) is 4.77. The maximum atomic E-state index is 13.7. The first-order valence-corrected chi connectivity index (χ1v) is 12.6. The van der Waals surface area contributed by atoms with Gasteiger partial charge in [0.15, 0.2) is 16.6 Å². The van der Waals surface area contributed by atoms with Crippen LogP contribution in [0, 0.1) is 0 Å². The van der Waals surface area contributed by atoms with Gasteiger partial charge in [-0.25, -0.2) is 4.98 Å². The molecular formula is C24H21FN2O7S2. The summed E-state index contributed by atoms with van der Waals surface area (Å²) < 4.78 is 58.9. The highest BCUT2D eigenvalue weighted by molar-refractivity contribution is 7.86. The third kappa shape index (κ3) is 5.50. The summed E-state index contributed by atoms with van der Waals surface area (Å²) in [6.45, 7) is 0. The van der Waals surface area contributed by atoms with Crippen molar-refractivity contribution in [1.29, 1.82) is 0 Å². The SMILES string of the molecule is COc1ccc(OC(C(=O)Nc2nc3cc(OC)c(OC)cc3s2)c2cccc(S(=O)(=O)F)c2)cc1. The summed E-state index contributed by atoms with van der Waals surface area (Å²) in [5.41, 5.74) is 0.706. The molecule has 4 aromatic rings. The smallest absolute Gasteiger partial charge is 0.332 e. The summed E-state index contributed by atoms with van der Waals surface area (Å²) in [7, 11) is -0.462. The standard InChI is InChI=1S/C24H21FN2O7S2/c1-31-15-7-9-16(10-8-15)34-22(14-5-4-6-17(11-14)36(25,29)30)23(28)27-24-26-18-12-19(32-2)20(33-3)13-21(18)35-24/h4-13,22H,1-3H3,(H,26,27,28). The van der Waals surface area contributed by atoms with E-state index in [1.165, 1.54) is 44.8 Å². The molecule has 0 aliphatic carbocycles. The van der Waals surface area contributed by atoms with Crippen molar-refractivity contribution in [3.05, 3.63) is 66.2 Å². The highest BCUT2D eigenvalue weighted by atomic mass is 32.3. The van der Waals surface area contributed by atoms with Gasteiger partial charge in [0.25, 0.3) is 5.91 Å². The van der Waals surface area contributed by atoms with Crippen molar-refractivity contribution in [3.8, 4) is 23.0 Å². The van der Waals surface area contributed by atoms with Crippen LogP contribution < -0.4 is 24.3 Å². The van der Waals surface area contributed by atoms with Crippen LogP contribution in [-0.4, -0.2) is 40.6 Å². The molecule has 3 aromatic carbocycles. The zero-order valence-electron chi connectivity index (χ0n) is 19.4. The van der Waals surface area contributed by atoms with Gasteiger partial charge in [0.2, 0.25) is 6.10 Å². The number of carbonyl (C=O) groups is 1. The summed E-state index contributed by atoms with van der Waals surface area (Å²) in [5.74, 6) is 1.24. The van der Waals surface area contributed by atoms with Gasteiger partial charge in [-0.3, -0.25) is 10.1 Å². The largest absolute Gasteiger partial charge is 0.497 e. The van der Waals surface area contributed by atoms with E-state index in [-0.39, 0.29) is 10.7 Å². The molecule has 1 aromatic heterocycles. The van der Waals surface area contributed by atoms with E-state index in [0.29, 0.717) is 28.5 Å². The Morgan fingerprint density at radius 1 is 0.944 bits per heavy atom. The molecule has 1 heterocycles. The van der Waals surface area contributed by atoms with Crippen molar-refractivity contribution in [2.45, 2.75) is 11.0 Å². The number of methoxy groups -OCH3 is 3. The van der Waals surface area contributed by atoms with Crippen molar-refractivity contribution in [2.75, 3.05) is 26.6 Å². The van der Waals surface area contributed by atoms with Crippen molar-refractivity contribution < 1.29 is 36.0 Å². The lowest BCUT2D eigenvalue weighted by Gasteiger charge is -2.19. The number of anilines is 1. The van der Waals surface area contributed by atoms with Gasteiger partial charge < -0.3 is 18.9 Å². The number of hydrogen-bond acceptors (Lipinski definition) is 9. The fraction of sp³-hybridized carbons (Fsp3) is 0.167. The highest BCUT2D eigenvalue weighted by Gasteiger charge is 2.26. The fourth-order valence-electron chi connectivity index (χ4n) is 3.37. The van der Waals surface area contributed by atoms with Gasteiger partial charge in [-0.05, 0) is 36.4 Å². The molecule has 0 radical (unpaired) electrons. The second-order valence-electron chi connectivity index (χ2n) is 7.37. The van der Waals surface area contributed by atoms with Crippen LogP contribution in [0.2, 0.25) is 0 Å². The number of hydrogen-bond donors (Lipinski definition) is 1. The second-order valence-corrected chi connectivity index (χ2v) is 9.74. The van der Waals surface area contributed by atoms with Crippen LogP contribution in [0.15, 0.2) is 65.6 Å². The average molecular weight is 533 g/mol. The molecule has 188 valence electrons. The Hall–Kier alpha value is -3.90. The minimum atomic E-state index is -4.99. The molecular weight excluding hydrogens is 511 g/mol. The molecule has 4 rings (SSSR count). The van der Waals surface area contributed by atoms with Crippen LogP contribution in [0.4, 0.5) is 9.02 Å². The molecule has 1 amide bonds. The Labute approximate surface area is 210 Å². The minimum absolute atomic E-state index is 0.131. The number of benzene rings is 3. The van der Waals surface area contributed by atoms with Crippen LogP contribution in [0.1, 0.15) is 11.7 Å². The van der Waals surface area contributed by atoms with Gasteiger partial charge in [-0.2, -0.15) is 8.42 Å². The Morgan fingerprint density at radius 2 is 1.61 bits per heavy atom. The summed E-state index contributed by atoms with van der Waals surface area (Å²) in [6.07, 6.45) is -1.32. The zero-order chi connectivity index (χ0) is 25.9. The minimum Gasteiger partial charge on any atom is -0.497 e. The average Bonchev–Trinajstić information content (AvgIpc) is 3.27. The maximum absolute atomic E-state index is 13.7. The molecule has 0 aliphatic heterocycles. The molecule has 9 nitrogen and oxygen atoms in total. The van der Waals surface area contributed by atoms with E-state index in [4.69, 9.17) is 18.9 Å². The highest BCUT2D eigenvalue weighted by Crippen LogP contribution is 2.36. The third-order valence-electron chi connectivity index (χ3n) is 5.12. The predicted molar refractivity (Wildman–Crippen MR) is 132 cm³/mol. The molecule has 1 unspecified atom stereocenters. The molecule has 36 heavy (non-hydrogen) atoms.